The normalized spacial score (nSPS) is 11.8. The molecule has 0 atom stereocenters. The Hall–Kier alpha value is -4.80. The largest absolute Gasteiger partial charge is 0.478 e. The van der Waals surface area contributed by atoms with Crippen LogP contribution in [0.3, 0.4) is 0 Å². The van der Waals surface area contributed by atoms with E-state index in [0.717, 1.165) is 23.3 Å². The lowest BCUT2D eigenvalue weighted by Gasteiger charge is -2.14. The van der Waals surface area contributed by atoms with Gasteiger partial charge < -0.3 is 34.8 Å². The fourth-order valence-electron chi connectivity index (χ4n) is 4.01. The third-order valence-electron chi connectivity index (χ3n) is 6.08. The Bertz CT molecular complexity index is 2000. The summed E-state index contributed by atoms with van der Waals surface area (Å²) in [6, 6.07) is 13.7. The third-order valence-corrected chi connectivity index (χ3v) is 7.79. The van der Waals surface area contributed by atoms with Crippen molar-refractivity contribution in [2.24, 2.45) is 0 Å². The van der Waals surface area contributed by atoms with E-state index < -0.39 is 33.3 Å². The maximum Gasteiger partial charge on any atom is 0.478 e. The number of nitrogens with zero attached hydrogens (tertiary/aromatic N) is 5. The number of rotatable bonds is 8. The number of nitrogens with one attached hydrogen (secondary N) is 2. The van der Waals surface area contributed by atoms with Gasteiger partial charge in [0.05, 0.1) is 23.3 Å². The lowest BCUT2D eigenvalue weighted by atomic mass is 10.1. The highest BCUT2D eigenvalue weighted by atomic mass is 31.3. The molecule has 3 heterocycles. The van der Waals surface area contributed by atoms with Crippen molar-refractivity contribution in [1.29, 1.82) is 0 Å². The molecular weight excluding hydrogens is 681 g/mol. The smallest absolute Gasteiger partial charge is 0.324 e. The molecule has 6 N–H and O–H groups in total. The first-order chi connectivity index (χ1) is 22.4. The summed E-state index contributed by atoms with van der Waals surface area (Å²) in [6.45, 7) is 3.58. The number of pyridine rings is 1. The van der Waals surface area contributed by atoms with Crippen LogP contribution in [0.15, 0.2) is 85.7 Å². The van der Waals surface area contributed by atoms with Crippen LogP contribution < -0.4 is 10.6 Å². The number of imidazole rings is 1. The van der Waals surface area contributed by atoms with Crippen LogP contribution in [0.2, 0.25) is 0 Å². The molecule has 1 amide bonds. The second kappa shape index (κ2) is 14.5. The van der Waals surface area contributed by atoms with E-state index in [1.807, 2.05) is 13.0 Å². The minimum absolute atomic E-state index is 0.00114. The van der Waals surface area contributed by atoms with E-state index in [1.165, 1.54) is 17.0 Å². The van der Waals surface area contributed by atoms with Crippen molar-refractivity contribution in [3.8, 4) is 16.9 Å². The van der Waals surface area contributed by atoms with Crippen molar-refractivity contribution in [2.75, 3.05) is 10.6 Å². The molecule has 20 heteroatoms. The van der Waals surface area contributed by atoms with Gasteiger partial charge in [0.25, 0.3) is 5.91 Å². The predicted octanol–water partition coefficient (Wildman–Crippen LogP) is 5.54. The Morgan fingerprint density at radius 2 is 1.67 bits per heavy atom. The lowest BCUT2D eigenvalue weighted by Crippen LogP contribution is -2.14. The number of halogens is 3. The van der Waals surface area contributed by atoms with Gasteiger partial charge in [-0.3, -0.25) is 9.78 Å². The summed E-state index contributed by atoms with van der Waals surface area (Å²) in [5, 5.41) is 5.71. The molecule has 0 bridgehead atoms. The first-order valence-electron chi connectivity index (χ1n) is 13.3. The van der Waals surface area contributed by atoms with Crippen molar-refractivity contribution in [1.82, 2.24) is 24.5 Å². The maximum absolute atomic E-state index is 13.6. The molecule has 5 aromatic rings. The van der Waals surface area contributed by atoms with Gasteiger partial charge in [-0.25, -0.2) is 24.1 Å². The molecule has 2 aromatic carbocycles. The molecular formula is C28H26F3N7O8P2. The van der Waals surface area contributed by atoms with Crippen molar-refractivity contribution < 1.29 is 51.0 Å². The molecule has 0 saturated carbocycles. The highest BCUT2D eigenvalue weighted by molar-refractivity contribution is 7.60. The van der Waals surface area contributed by atoms with Crippen molar-refractivity contribution in [3.05, 3.63) is 108 Å². The fraction of sp³-hybridized carbons (Fsp3) is 0.107. The van der Waals surface area contributed by atoms with Gasteiger partial charge in [-0.15, -0.1) is 0 Å². The van der Waals surface area contributed by atoms with E-state index in [0.29, 0.717) is 23.0 Å². The standard InChI is InChI=1S/C28H22F3N7O.H4O7P2/c1-17-5-6-19(10-25(17)37-27-33-9-7-24(36-27)20-4-3-8-32-14-20)26(39)35-22-11-21(28(29,30)31)12-23(13-22)38-15-18(2)34-16-38;1-8(2,3)7-9(4,5)6/h3-16H,1-2H3,(H,35,39)(H,33,36,37);(H2,1,2,3)(H2,4,5,6). The highest BCUT2D eigenvalue weighted by Gasteiger charge is 2.32. The Labute approximate surface area is 270 Å². The molecule has 0 fully saturated rings. The average Bonchev–Trinajstić information content (AvgIpc) is 3.43. The van der Waals surface area contributed by atoms with E-state index in [9.17, 15) is 27.1 Å². The summed E-state index contributed by atoms with van der Waals surface area (Å²) in [5.74, 6) is -0.259. The number of aryl methyl sites for hydroxylation is 2. The van der Waals surface area contributed by atoms with Gasteiger partial charge >= 0.3 is 21.8 Å². The van der Waals surface area contributed by atoms with Gasteiger partial charge in [-0.05, 0) is 67.9 Å². The zero-order chi connectivity index (χ0) is 35.3. The number of hydrogen-bond donors (Lipinski definition) is 6. The van der Waals surface area contributed by atoms with Crippen LogP contribution in [0.5, 0.6) is 0 Å². The first-order valence-corrected chi connectivity index (χ1v) is 16.4. The topological polar surface area (TPSA) is 222 Å². The summed E-state index contributed by atoms with van der Waals surface area (Å²) < 4.78 is 64.5. The van der Waals surface area contributed by atoms with E-state index in [4.69, 9.17) is 19.6 Å². The summed E-state index contributed by atoms with van der Waals surface area (Å²) in [5.41, 5.74) is 3.09. The van der Waals surface area contributed by atoms with Crippen LogP contribution in [-0.4, -0.2) is 50.0 Å². The Morgan fingerprint density at radius 1 is 0.938 bits per heavy atom. The van der Waals surface area contributed by atoms with Gasteiger partial charge in [-0.1, -0.05) is 6.07 Å². The van der Waals surface area contributed by atoms with Crippen LogP contribution in [0.25, 0.3) is 16.9 Å². The third kappa shape index (κ3) is 10.6. The van der Waals surface area contributed by atoms with Crippen LogP contribution >= 0.6 is 15.6 Å². The molecule has 48 heavy (non-hydrogen) atoms. The molecule has 3 aromatic heterocycles. The van der Waals surface area contributed by atoms with Crippen molar-refractivity contribution in [3.63, 3.8) is 0 Å². The molecule has 252 valence electrons. The van der Waals surface area contributed by atoms with Crippen LogP contribution in [0.4, 0.5) is 30.5 Å². The number of phosphoric acid groups is 2. The second-order valence-corrected chi connectivity index (χ2v) is 12.5. The predicted molar refractivity (Wildman–Crippen MR) is 166 cm³/mol. The second-order valence-electron chi connectivity index (χ2n) is 9.87. The average molecular weight is 707 g/mol. The molecule has 0 aliphatic heterocycles. The summed E-state index contributed by atoms with van der Waals surface area (Å²) in [6.07, 6.45) is 3.38. The molecule has 0 aliphatic rings. The molecule has 0 spiro atoms. The maximum atomic E-state index is 13.6. The number of amides is 1. The Balaban J connectivity index is 0.000000508. The number of carbonyl (C=O) groups is 1. The summed E-state index contributed by atoms with van der Waals surface area (Å²) in [7, 11) is -10.1. The number of benzene rings is 2. The minimum Gasteiger partial charge on any atom is -0.324 e. The van der Waals surface area contributed by atoms with E-state index in [-0.39, 0.29) is 16.9 Å². The van der Waals surface area contributed by atoms with Gasteiger partial charge in [0.2, 0.25) is 5.95 Å². The molecule has 5 rings (SSSR count). The summed E-state index contributed by atoms with van der Waals surface area (Å²) in [4.78, 5) is 61.1. The minimum atomic E-state index is -5.05. The van der Waals surface area contributed by atoms with Gasteiger partial charge in [-0.2, -0.15) is 17.5 Å². The van der Waals surface area contributed by atoms with Crippen LogP contribution in [0, 0.1) is 13.8 Å². The highest BCUT2D eigenvalue weighted by Crippen LogP contribution is 2.53. The van der Waals surface area contributed by atoms with Crippen LogP contribution in [-0.2, 0) is 19.6 Å². The molecule has 0 unspecified atom stereocenters. The number of hydrogen-bond acceptors (Lipinski definition) is 9. The van der Waals surface area contributed by atoms with Crippen molar-refractivity contribution in [2.45, 2.75) is 20.0 Å². The van der Waals surface area contributed by atoms with Crippen molar-refractivity contribution >= 4 is 38.9 Å². The zero-order valence-electron chi connectivity index (χ0n) is 24.8. The molecule has 0 saturated heterocycles. The number of anilines is 3. The van der Waals surface area contributed by atoms with Gasteiger partial charge in [0, 0.05) is 53.0 Å². The van der Waals surface area contributed by atoms with E-state index >= 15 is 0 Å². The Morgan fingerprint density at radius 3 is 2.25 bits per heavy atom. The zero-order valence-corrected chi connectivity index (χ0v) is 26.6. The Kier molecular flexibility index (Phi) is 10.9. The summed E-state index contributed by atoms with van der Waals surface area (Å²) >= 11 is 0. The first kappa shape index (κ1) is 36.0. The lowest BCUT2D eigenvalue weighted by molar-refractivity contribution is -0.137. The number of aromatic nitrogens is 5. The fourth-order valence-corrected chi connectivity index (χ4v) is 5.12. The van der Waals surface area contributed by atoms with Gasteiger partial charge in [0.15, 0.2) is 0 Å². The molecule has 0 aliphatic carbocycles. The SMILES string of the molecule is Cc1cn(-c2cc(NC(=O)c3ccc(C)c(Nc4nccc(-c5cccnc5)n4)c3)cc(C(F)(F)F)c2)cn1.O=P(O)(O)OP(=O)(O)O. The molecule has 0 radical (unpaired) electrons. The quantitative estimate of drug-likeness (QED) is 0.109. The number of carbonyl (C=O) groups excluding carboxylic acids is 1. The van der Waals surface area contributed by atoms with Gasteiger partial charge in [0.1, 0.15) is 0 Å². The van der Waals surface area contributed by atoms with E-state index in [2.05, 4.69) is 34.9 Å². The molecule has 15 nitrogen and oxygen atoms in total. The monoisotopic (exact) mass is 707 g/mol. The van der Waals surface area contributed by atoms with Crippen LogP contribution in [0.1, 0.15) is 27.2 Å². The van der Waals surface area contributed by atoms with E-state index in [1.54, 1.807) is 62.0 Å². The number of alkyl halides is 3.